The second-order valence-corrected chi connectivity index (χ2v) is 15.8. The number of carbonyl (C=O) groups excluding carboxylic acids is 2. The molecule has 1 aliphatic heterocycles. The van der Waals surface area contributed by atoms with Crippen LogP contribution in [-0.2, 0) is 24.7 Å². The summed E-state index contributed by atoms with van der Waals surface area (Å²) in [5.74, 6) is -1.57. The number of urea groups is 1. The molecule has 1 N–H and O–H groups in total. The molecule has 1 unspecified atom stereocenters. The van der Waals surface area contributed by atoms with Crippen molar-refractivity contribution >= 4 is 59.9 Å². The standard InChI is InChI=1S/C33H34ClFN4O6S2/c1-37(2)18-16-36-33(41)39(47(44,45)26-14-11-22-19-25(34)13-10-23(22)20-26)30-8-6-17-38(32(30)40)29-15-12-24(21-28(29)35)27-7-4-5-9-31(27)46(3,42)43/h4-5,7,9-15,19-21,30H,6,8,16-18H2,1-3H3,(H,36,41). The van der Waals surface area contributed by atoms with Gasteiger partial charge in [0.05, 0.1) is 15.5 Å². The molecule has 10 nitrogen and oxygen atoms in total. The van der Waals surface area contributed by atoms with E-state index in [4.69, 9.17) is 11.6 Å². The van der Waals surface area contributed by atoms with Crippen LogP contribution in [0.5, 0.6) is 0 Å². The number of sulfonamides is 1. The number of carbonyl (C=O) groups is 2. The summed E-state index contributed by atoms with van der Waals surface area (Å²) >= 11 is 6.09. The number of anilines is 1. The van der Waals surface area contributed by atoms with Gasteiger partial charge in [0.2, 0.25) is 0 Å². The Morgan fingerprint density at radius 1 is 0.979 bits per heavy atom. The second-order valence-electron chi connectivity index (χ2n) is 11.6. The number of fused-ring (bicyclic) bond motifs is 1. The number of piperidine rings is 1. The zero-order valence-corrected chi connectivity index (χ0v) is 28.4. The Kier molecular flexibility index (Phi) is 9.92. The highest BCUT2D eigenvalue weighted by molar-refractivity contribution is 7.91. The number of hydrogen-bond donors (Lipinski definition) is 1. The minimum Gasteiger partial charge on any atom is -0.336 e. The Bertz CT molecular complexity index is 2070. The van der Waals surface area contributed by atoms with Crippen LogP contribution in [0.4, 0.5) is 14.9 Å². The largest absolute Gasteiger partial charge is 0.336 e. The third-order valence-electron chi connectivity index (χ3n) is 7.90. The number of rotatable bonds is 9. The average Bonchev–Trinajstić information content (AvgIpc) is 3.01. The van der Waals surface area contributed by atoms with Crippen LogP contribution >= 0.6 is 11.6 Å². The van der Waals surface area contributed by atoms with Gasteiger partial charge in [-0.2, -0.15) is 0 Å². The van der Waals surface area contributed by atoms with Gasteiger partial charge >= 0.3 is 6.03 Å². The molecule has 0 aliphatic carbocycles. The smallest absolute Gasteiger partial charge is 0.332 e. The molecule has 1 heterocycles. The highest BCUT2D eigenvalue weighted by atomic mass is 35.5. The van der Waals surface area contributed by atoms with Crippen LogP contribution in [0.1, 0.15) is 12.8 Å². The van der Waals surface area contributed by atoms with Gasteiger partial charge in [-0.3, -0.25) is 4.79 Å². The molecular formula is C33H34ClFN4O6S2. The molecule has 0 saturated carbocycles. The van der Waals surface area contributed by atoms with Gasteiger partial charge in [0, 0.05) is 36.5 Å². The molecule has 248 valence electrons. The number of sulfone groups is 1. The number of amides is 3. The number of halogens is 2. The minimum atomic E-state index is -4.59. The van der Waals surface area contributed by atoms with Crippen molar-refractivity contribution in [1.82, 2.24) is 14.5 Å². The Hall–Kier alpha value is -4.04. The molecule has 1 aliphatic rings. The van der Waals surface area contributed by atoms with Gasteiger partial charge < -0.3 is 15.1 Å². The van der Waals surface area contributed by atoms with Crippen LogP contribution in [-0.4, -0.2) is 84.0 Å². The van der Waals surface area contributed by atoms with Crippen LogP contribution in [0.3, 0.4) is 0 Å². The van der Waals surface area contributed by atoms with Gasteiger partial charge in [0.1, 0.15) is 11.9 Å². The maximum absolute atomic E-state index is 15.8. The third kappa shape index (κ3) is 7.28. The maximum Gasteiger partial charge on any atom is 0.332 e. The van der Waals surface area contributed by atoms with Crippen molar-refractivity contribution in [2.75, 3.05) is 44.9 Å². The fourth-order valence-electron chi connectivity index (χ4n) is 5.59. The number of benzene rings is 4. The third-order valence-corrected chi connectivity index (χ3v) is 11.1. The van der Waals surface area contributed by atoms with E-state index in [2.05, 4.69) is 5.32 Å². The molecule has 4 aromatic rings. The van der Waals surface area contributed by atoms with E-state index in [0.29, 0.717) is 32.2 Å². The van der Waals surface area contributed by atoms with Crippen molar-refractivity contribution in [2.24, 2.45) is 0 Å². The molecule has 0 bridgehead atoms. The molecule has 0 spiro atoms. The number of nitrogens with one attached hydrogen (secondary N) is 1. The quantitative estimate of drug-likeness (QED) is 0.256. The van der Waals surface area contributed by atoms with Crippen LogP contribution < -0.4 is 10.2 Å². The van der Waals surface area contributed by atoms with E-state index in [9.17, 15) is 26.4 Å². The lowest BCUT2D eigenvalue weighted by molar-refractivity contribution is -0.123. The van der Waals surface area contributed by atoms with E-state index in [1.54, 1.807) is 56.6 Å². The van der Waals surface area contributed by atoms with Crippen molar-refractivity contribution in [3.05, 3.63) is 89.7 Å². The van der Waals surface area contributed by atoms with Crippen molar-refractivity contribution in [3.8, 4) is 11.1 Å². The minimum absolute atomic E-state index is 0.0270. The van der Waals surface area contributed by atoms with E-state index < -0.39 is 43.7 Å². The number of likely N-dealkylation sites (N-methyl/N-ethyl adjacent to an activating group) is 1. The molecule has 5 rings (SSSR count). The number of nitrogens with zero attached hydrogens (tertiary/aromatic N) is 3. The van der Waals surface area contributed by atoms with E-state index in [1.165, 1.54) is 30.3 Å². The first-order valence-electron chi connectivity index (χ1n) is 14.7. The molecule has 47 heavy (non-hydrogen) atoms. The molecule has 1 saturated heterocycles. The van der Waals surface area contributed by atoms with Crippen molar-refractivity contribution in [2.45, 2.75) is 28.7 Å². The maximum atomic E-state index is 15.8. The van der Waals surface area contributed by atoms with Crippen LogP contribution in [0.25, 0.3) is 21.9 Å². The van der Waals surface area contributed by atoms with Gasteiger partial charge in [-0.25, -0.2) is 30.3 Å². The van der Waals surface area contributed by atoms with Gasteiger partial charge in [-0.15, -0.1) is 0 Å². The van der Waals surface area contributed by atoms with E-state index in [1.807, 2.05) is 4.90 Å². The van der Waals surface area contributed by atoms with Crippen molar-refractivity contribution in [3.63, 3.8) is 0 Å². The molecular weight excluding hydrogens is 667 g/mol. The highest BCUT2D eigenvalue weighted by Crippen LogP contribution is 2.34. The van der Waals surface area contributed by atoms with Crippen LogP contribution in [0.2, 0.25) is 5.02 Å². The molecule has 3 amide bonds. The SMILES string of the molecule is CN(C)CCNC(=O)N(C1CCCN(c2ccc(-c3ccccc3S(C)(=O)=O)cc2F)C1=O)S(=O)(=O)c1ccc2cc(Cl)ccc2c1. The zero-order chi connectivity index (χ0) is 34.1. The molecule has 1 fully saturated rings. The lowest BCUT2D eigenvalue weighted by Gasteiger charge is -2.38. The summed E-state index contributed by atoms with van der Waals surface area (Å²) in [6.45, 7) is 0.614. The molecule has 0 aromatic heterocycles. The number of hydrogen-bond acceptors (Lipinski definition) is 7. The summed E-state index contributed by atoms with van der Waals surface area (Å²) in [7, 11) is -4.61. The fourth-order valence-corrected chi connectivity index (χ4v) is 8.23. The second kappa shape index (κ2) is 13.6. The average molecular weight is 701 g/mol. The normalized spacial score (nSPS) is 15.7. The Balaban J connectivity index is 1.51. The van der Waals surface area contributed by atoms with Gasteiger partial charge in [0.25, 0.3) is 15.9 Å². The van der Waals surface area contributed by atoms with Gasteiger partial charge in [0.15, 0.2) is 9.84 Å². The van der Waals surface area contributed by atoms with E-state index in [0.717, 1.165) is 17.2 Å². The lowest BCUT2D eigenvalue weighted by Crippen LogP contribution is -2.58. The van der Waals surface area contributed by atoms with Crippen LogP contribution in [0, 0.1) is 5.82 Å². The predicted molar refractivity (Wildman–Crippen MR) is 180 cm³/mol. The summed E-state index contributed by atoms with van der Waals surface area (Å²) in [4.78, 5) is 30.4. The first-order chi connectivity index (χ1) is 22.2. The van der Waals surface area contributed by atoms with Gasteiger partial charge in [-0.05, 0) is 85.7 Å². The first-order valence-corrected chi connectivity index (χ1v) is 18.5. The molecule has 1 atom stereocenters. The lowest BCUT2D eigenvalue weighted by atomic mass is 10.0. The topological polar surface area (TPSA) is 124 Å². The van der Waals surface area contributed by atoms with Crippen molar-refractivity contribution < 1.29 is 30.8 Å². The Labute approximate surface area is 278 Å². The fraction of sp³-hybridized carbons (Fsp3) is 0.273. The van der Waals surface area contributed by atoms with Crippen LogP contribution in [0.15, 0.2) is 88.7 Å². The highest BCUT2D eigenvalue weighted by Gasteiger charge is 2.44. The van der Waals surface area contributed by atoms with E-state index in [-0.39, 0.29) is 47.0 Å². The summed E-state index contributed by atoms with van der Waals surface area (Å²) in [5, 5.41) is 4.35. The van der Waals surface area contributed by atoms with Gasteiger partial charge in [-0.1, -0.05) is 48.0 Å². The zero-order valence-electron chi connectivity index (χ0n) is 26.0. The summed E-state index contributed by atoms with van der Waals surface area (Å²) in [6.07, 6.45) is 1.37. The van der Waals surface area contributed by atoms with Crippen molar-refractivity contribution in [1.29, 1.82) is 0 Å². The molecule has 4 aromatic carbocycles. The summed E-state index contributed by atoms with van der Waals surface area (Å²) < 4.78 is 69.4. The summed E-state index contributed by atoms with van der Waals surface area (Å²) in [5.41, 5.74) is 0.469. The Morgan fingerprint density at radius 2 is 1.68 bits per heavy atom. The molecule has 0 radical (unpaired) electrons. The van der Waals surface area contributed by atoms with E-state index >= 15 is 4.39 Å². The first kappa shape index (κ1) is 34.3. The monoisotopic (exact) mass is 700 g/mol. The summed E-state index contributed by atoms with van der Waals surface area (Å²) in [6, 6.07) is 17.1. The molecule has 14 heteroatoms. The predicted octanol–water partition coefficient (Wildman–Crippen LogP) is 5.16. The Morgan fingerprint density at radius 3 is 2.38 bits per heavy atom.